The highest BCUT2D eigenvalue weighted by molar-refractivity contribution is 6.44. The van der Waals surface area contributed by atoms with Crippen LogP contribution in [0.3, 0.4) is 0 Å². The minimum absolute atomic E-state index is 0.266. The maximum Gasteiger partial charge on any atom is 0.0813 e. The molecule has 1 rings (SSSR count). The van der Waals surface area contributed by atoms with Crippen molar-refractivity contribution >= 4 is 34.8 Å². The van der Waals surface area contributed by atoms with Gasteiger partial charge in [-0.2, -0.15) is 5.48 Å². The van der Waals surface area contributed by atoms with Crippen LogP contribution in [0.5, 0.6) is 0 Å². The quantitative estimate of drug-likeness (QED) is 0.652. The lowest BCUT2D eigenvalue weighted by Crippen LogP contribution is -2.28. The second-order valence-electron chi connectivity index (χ2n) is 4.36. The van der Waals surface area contributed by atoms with Crippen LogP contribution in [0.1, 0.15) is 26.3 Å². The van der Waals surface area contributed by atoms with Gasteiger partial charge in [0.15, 0.2) is 0 Å². The van der Waals surface area contributed by atoms with E-state index in [1.165, 1.54) is 0 Å². The number of hydroxylamine groups is 1. The predicted molar refractivity (Wildman–Crippen MR) is 69.1 cm³/mol. The van der Waals surface area contributed by atoms with E-state index < -0.39 is 0 Å². The molecule has 0 saturated carbocycles. The van der Waals surface area contributed by atoms with Crippen LogP contribution in [-0.4, -0.2) is 5.60 Å². The van der Waals surface area contributed by atoms with Gasteiger partial charge in [-0.05, 0) is 32.9 Å². The van der Waals surface area contributed by atoms with Gasteiger partial charge in [-0.1, -0.05) is 34.8 Å². The van der Waals surface area contributed by atoms with Gasteiger partial charge in [0, 0.05) is 17.1 Å². The Bertz CT molecular complexity index is 374. The molecular formula is C11H14Cl3NO. The van der Waals surface area contributed by atoms with Gasteiger partial charge in [-0.3, -0.25) is 4.84 Å². The zero-order chi connectivity index (χ0) is 12.3. The number of nitrogens with one attached hydrogen (secondary N) is 1. The van der Waals surface area contributed by atoms with Gasteiger partial charge in [0.1, 0.15) is 0 Å². The largest absolute Gasteiger partial charge is 0.296 e. The van der Waals surface area contributed by atoms with E-state index >= 15 is 0 Å². The third-order valence-electron chi connectivity index (χ3n) is 1.77. The van der Waals surface area contributed by atoms with Crippen molar-refractivity contribution in [1.82, 2.24) is 5.48 Å². The van der Waals surface area contributed by atoms with Crippen LogP contribution < -0.4 is 5.48 Å². The first-order valence-corrected chi connectivity index (χ1v) is 5.98. The van der Waals surface area contributed by atoms with E-state index in [9.17, 15) is 0 Å². The molecule has 0 amide bonds. The fraction of sp³-hybridized carbons (Fsp3) is 0.455. The summed E-state index contributed by atoms with van der Waals surface area (Å²) in [6, 6.07) is 3.38. The first-order valence-electron chi connectivity index (χ1n) is 4.84. The molecule has 0 bridgehead atoms. The fourth-order valence-electron chi connectivity index (χ4n) is 1.06. The molecule has 0 fully saturated rings. The number of hydrogen-bond donors (Lipinski definition) is 1. The topological polar surface area (TPSA) is 21.3 Å². The summed E-state index contributed by atoms with van der Waals surface area (Å²) in [5, 5.41) is 1.51. The summed E-state index contributed by atoms with van der Waals surface area (Å²) in [6.45, 7) is 6.25. The van der Waals surface area contributed by atoms with Gasteiger partial charge in [0.05, 0.1) is 15.6 Å². The Morgan fingerprint density at radius 3 is 2.25 bits per heavy atom. The van der Waals surface area contributed by atoms with Crippen molar-refractivity contribution in [3.63, 3.8) is 0 Å². The van der Waals surface area contributed by atoms with Crippen LogP contribution in [-0.2, 0) is 11.4 Å². The molecule has 90 valence electrons. The van der Waals surface area contributed by atoms with E-state index in [1.54, 1.807) is 12.1 Å². The number of halogens is 3. The van der Waals surface area contributed by atoms with E-state index in [2.05, 4.69) is 5.48 Å². The second kappa shape index (κ2) is 5.56. The standard InChI is InChI=1S/C11H14Cl3NO/c1-11(2,3)16-15-6-7-8(12)4-5-9(13)10(7)14/h4-5,15H,6H2,1-3H3. The fourth-order valence-corrected chi connectivity index (χ4v) is 1.74. The van der Waals surface area contributed by atoms with Crippen LogP contribution in [0.2, 0.25) is 15.1 Å². The number of benzene rings is 1. The Morgan fingerprint density at radius 1 is 1.12 bits per heavy atom. The zero-order valence-corrected chi connectivity index (χ0v) is 11.7. The molecule has 0 saturated heterocycles. The minimum Gasteiger partial charge on any atom is -0.296 e. The number of hydrogen-bond acceptors (Lipinski definition) is 2. The molecule has 2 nitrogen and oxygen atoms in total. The minimum atomic E-state index is -0.266. The summed E-state index contributed by atoms with van der Waals surface area (Å²) in [6.07, 6.45) is 0. The molecular weight excluding hydrogens is 268 g/mol. The van der Waals surface area contributed by atoms with Crippen molar-refractivity contribution < 1.29 is 4.84 Å². The maximum absolute atomic E-state index is 6.04. The molecule has 5 heteroatoms. The smallest absolute Gasteiger partial charge is 0.0813 e. The van der Waals surface area contributed by atoms with Crippen molar-refractivity contribution in [3.8, 4) is 0 Å². The van der Waals surface area contributed by atoms with E-state index in [4.69, 9.17) is 39.6 Å². The van der Waals surface area contributed by atoms with E-state index in [-0.39, 0.29) is 5.60 Å². The molecule has 0 atom stereocenters. The molecule has 1 N–H and O–H groups in total. The lowest BCUT2D eigenvalue weighted by atomic mass is 10.2. The Morgan fingerprint density at radius 2 is 1.69 bits per heavy atom. The highest BCUT2D eigenvalue weighted by Gasteiger charge is 2.13. The average Bonchev–Trinajstić information content (AvgIpc) is 2.16. The van der Waals surface area contributed by atoms with Crippen molar-refractivity contribution in [2.45, 2.75) is 32.9 Å². The SMILES string of the molecule is CC(C)(C)ONCc1c(Cl)ccc(Cl)c1Cl. The Balaban J connectivity index is 2.71. The Labute approximate surface area is 111 Å². The van der Waals surface area contributed by atoms with Gasteiger partial charge in [0.2, 0.25) is 0 Å². The van der Waals surface area contributed by atoms with Crippen LogP contribution in [0, 0.1) is 0 Å². The van der Waals surface area contributed by atoms with Crippen LogP contribution >= 0.6 is 34.8 Å². The van der Waals surface area contributed by atoms with E-state index in [0.29, 0.717) is 21.6 Å². The summed E-state index contributed by atoms with van der Waals surface area (Å²) in [5.41, 5.74) is 3.29. The van der Waals surface area contributed by atoms with Crippen LogP contribution in [0.4, 0.5) is 0 Å². The lowest BCUT2D eigenvalue weighted by Gasteiger charge is -2.20. The van der Waals surface area contributed by atoms with Crippen LogP contribution in [0.15, 0.2) is 12.1 Å². The Hall–Kier alpha value is 0.01000. The number of rotatable bonds is 3. The summed E-state index contributed by atoms with van der Waals surface area (Å²) < 4.78 is 0. The second-order valence-corrected chi connectivity index (χ2v) is 5.55. The first-order chi connectivity index (χ1) is 7.31. The highest BCUT2D eigenvalue weighted by atomic mass is 35.5. The monoisotopic (exact) mass is 281 g/mol. The summed E-state index contributed by atoms with van der Waals surface area (Å²) in [5.74, 6) is 0. The van der Waals surface area contributed by atoms with Crippen molar-refractivity contribution in [3.05, 3.63) is 32.8 Å². The molecule has 0 radical (unpaired) electrons. The molecule has 0 aromatic heterocycles. The zero-order valence-electron chi connectivity index (χ0n) is 9.40. The van der Waals surface area contributed by atoms with E-state index in [1.807, 2.05) is 20.8 Å². The highest BCUT2D eigenvalue weighted by Crippen LogP contribution is 2.31. The van der Waals surface area contributed by atoms with E-state index in [0.717, 1.165) is 5.56 Å². The van der Waals surface area contributed by atoms with Gasteiger partial charge in [-0.25, -0.2) is 0 Å². The van der Waals surface area contributed by atoms with Gasteiger partial charge in [-0.15, -0.1) is 0 Å². The molecule has 0 aliphatic carbocycles. The molecule has 1 aromatic carbocycles. The van der Waals surface area contributed by atoms with Crippen molar-refractivity contribution in [2.75, 3.05) is 0 Å². The first kappa shape index (κ1) is 14.1. The van der Waals surface area contributed by atoms with Crippen molar-refractivity contribution in [1.29, 1.82) is 0 Å². The van der Waals surface area contributed by atoms with Gasteiger partial charge in [0.25, 0.3) is 0 Å². The Kier molecular flexibility index (Phi) is 4.89. The lowest BCUT2D eigenvalue weighted by molar-refractivity contribution is -0.0757. The van der Waals surface area contributed by atoms with Gasteiger partial charge < -0.3 is 0 Å². The third-order valence-corrected chi connectivity index (χ3v) is 2.96. The molecule has 0 spiro atoms. The predicted octanol–water partition coefficient (Wildman–Crippen LogP) is 4.47. The summed E-state index contributed by atoms with van der Waals surface area (Å²) >= 11 is 17.9. The summed E-state index contributed by atoms with van der Waals surface area (Å²) in [7, 11) is 0. The van der Waals surface area contributed by atoms with Crippen LogP contribution in [0.25, 0.3) is 0 Å². The molecule has 1 aromatic rings. The molecule has 16 heavy (non-hydrogen) atoms. The molecule has 0 unspecified atom stereocenters. The normalized spacial score (nSPS) is 11.9. The molecule has 0 aliphatic heterocycles. The molecule has 0 heterocycles. The third kappa shape index (κ3) is 4.11. The average molecular weight is 283 g/mol. The maximum atomic E-state index is 6.04. The van der Waals surface area contributed by atoms with Crippen molar-refractivity contribution in [2.24, 2.45) is 0 Å². The molecule has 0 aliphatic rings. The van der Waals surface area contributed by atoms with Gasteiger partial charge >= 0.3 is 0 Å². The summed E-state index contributed by atoms with van der Waals surface area (Å²) in [4.78, 5) is 5.37.